The van der Waals surface area contributed by atoms with Crippen LogP contribution in [-0.4, -0.2) is 48.4 Å². The Morgan fingerprint density at radius 3 is 2.03 bits per heavy atom. The van der Waals surface area contributed by atoms with Crippen molar-refractivity contribution < 1.29 is 23.9 Å². The van der Waals surface area contributed by atoms with Gasteiger partial charge in [0.2, 0.25) is 11.8 Å². The topological polar surface area (TPSA) is 97.0 Å². The molecule has 0 spiro atoms. The Labute approximate surface area is 187 Å². The molecule has 0 unspecified atom stereocenters. The number of ether oxygens (including phenoxy) is 2. The highest BCUT2D eigenvalue weighted by Gasteiger charge is 2.26. The van der Waals surface area contributed by atoms with Crippen LogP contribution in [0.5, 0.6) is 11.5 Å². The Bertz CT molecular complexity index is 949. The number of nitrogens with one attached hydrogen (secondary N) is 2. The summed E-state index contributed by atoms with van der Waals surface area (Å²) in [5.74, 6) is 0.759. The molecular formula is C24H29N3O5. The molecule has 1 heterocycles. The number of rotatable bonds is 7. The molecule has 0 radical (unpaired) electrons. The van der Waals surface area contributed by atoms with Gasteiger partial charge >= 0.3 is 0 Å². The van der Waals surface area contributed by atoms with Crippen molar-refractivity contribution in [3.8, 4) is 11.5 Å². The van der Waals surface area contributed by atoms with E-state index in [0.717, 1.165) is 0 Å². The minimum absolute atomic E-state index is 0.0127. The van der Waals surface area contributed by atoms with Gasteiger partial charge < -0.3 is 25.0 Å². The van der Waals surface area contributed by atoms with E-state index >= 15 is 0 Å². The standard InChI is InChI=1S/C24H29N3O5/c1-4-31-22-7-5-6-8-23(22)32-21-9-11-27(12-10-21)24(30)18-13-19(25-16(2)28)15-20(14-18)26-17(3)29/h5-8,13-15,21H,4,9-12H2,1-3H3,(H,25,28)(H,26,29). The molecule has 0 bridgehead atoms. The quantitative estimate of drug-likeness (QED) is 0.686. The number of para-hydroxylation sites is 2. The van der Waals surface area contributed by atoms with Gasteiger partial charge in [0.25, 0.3) is 5.91 Å². The largest absolute Gasteiger partial charge is 0.490 e. The van der Waals surface area contributed by atoms with E-state index in [-0.39, 0.29) is 23.8 Å². The Balaban J connectivity index is 1.67. The van der Waals surface area contributed by atoms with Crippen molar-refractivity contribution >= 4 is 29.1 Å². The summed E-state index contributed by atoms with van der Waals surface area (Å²) in [6, 6.07) is 12.4. The number of carbonyl (C=O) groups excluding carboxylic acids is 3. The minimum atomic E-state index is -0.256. The van der Waals surface area contributed by atoms with Gasteiger partial charge in [-0.15, -0.1) is 0 Å². The van der Waals surface area contributed by atoms with Gasteiger partial charge in [-0.25, -0.2) is 0 Å². The van der Waals surface area contributed by atoms with Gasteiger partial charge in [-0.2, -0.15) is 0 Å². The smallest absolute Gasteiger partial charge is 0.254 e. The van der Waals surface area contributed by atoms with Crippen LogP contribution < -0.4 is 20.1 Å². The summed E-state index contributed by atoms with van der Waals surface area (Å²) in [5.41, 5.74) is 1.32. The summed E-state index contributed by atoms with van der Waals surface area (Å²) in [7, 11) is 0. The van der Waals surface area contributed by atoms with Crippen LogP contribution in [0.2, 0.25) is 0 Å². The summed E-state index contributed by atoms with van der Waals surface area (Å²) in [6.07, 6.45) is 1.37. The fourth-order valence-electron chi connectivity index (χ4n) is 3.66. The van der Waals surface area contributed by atoms with Crippen molar-refractivity contribution in [3.05, 3.63) is 48.0 Å². The molecule has 8 heteroatoms. The molecule has 170 valence electrons. The maximum Gasteiger partial charge on any atom is 0.254 e. The number of benzene rings is 2. The van der Waals surface area contributed by atoms with E-state index < -0.39 is 0 Å². The molecule has 32 heavy (non-hydrogen) atoms. The summed E-state index contributed by atoms with van der Waals surface area (Å²) >= 11 is 0. The predicted octanol–water partition coefficient (Wildman–Crippen LogP) is 3.69. The minimum Gasteiger partial charge on any atom is -0.490 e. The molecule has 0 atom stereocenters. The lowest BCUT2D eigenvalue weighted by Crippen LogP contribution is -2.41. The molecule has 8 nitrogen and oxygen atoms in total. The third kappa shape index (κ3) is 6.23. The number of piperidine rings is 1. The fraction of sp³-hybridized carbons (Fsp3) is 0.375. The maximum atomic E-state index is 13.1. The highest BCUT2D eigenvalue weighted by atomic mass is 16.5. The SMILES string of the molecule is CCOc1ccccc1OC1CCN(C(=O)c2cc(NC(C)=O)cc(NC(C)=O)c2)CC1. The first kappa shape index (κ1) is 23.1. The van der Waals surface area contributed by atoms with E-state index in [9.17, 15) is 14.4 Å². The van der Waals surface area contributed by atoms with Crippen LogP contribution in [0.3, 0.4) is 0 Å². The second-order valence-electron chi connectivity index (χ2n) is 7.65. The van der Waals surface area contributed by atoms with Crippen LogP contribution in [-0.2, 0) is 9.59 Å². The lowest BCUT2D eigenvalue weighted by atomic mass is 10.1. The zero-order valence-electron chi connectivity index (χ0n) is 18.6. The molecular weight excluding hydrogens is 410 g/mol. The van der Waals surface area contributed by atoms with Crippen molar-refractivity contribution in [2.75, 3.05) is 30.3 Å². The lowest BCUT2D eigenvalue weighted by molar-refractivity contribution is -0.115. The van der Waals surface area contributed by atoms with Crippen molar-refractivity contribution in [1.29, 1.82) is 0 Å². The zero-order valence-corrected chi connectivity index (χ0v) is 18.6. The highest BCUT2D eigenvalue weighted by Crippen LogP contribution is 2.30. The Hall–Kier alpha value is -3.55. The first-order chi connectivity index (χ1) is 15.4. The number of hydrogen-bond acceptors (Lipinski definition) is 5. The summed E-state index contributed by atoms with van der Waals surface area (Å²) in [4.78, 5) is 37.8. The summed E-state index contributed by atoms with van der Waals surface area (Å²) in [5, 5.41) is 5.35. The van der Waals surface area contributed by atoms with E-state index in [1.165, 1.54) is 13.8 Å². The molecule has 1 fully saturated rings. The molecule has 1 aliphatic rings. The first-order valence-electron chi connectivity index (χ1n) is 10.7. The van der Waals surface area contributed by atoms with Gasteiger partial charge in [0.05, 0.1) is 6.61 Å². The van der Waals surface area contributed by atoms with Crippen LogP contribution in [0.1, 0.15) is 44.0 Å². The highest BCUT2D eigenvalue weighted by molar-refractivity contribution is 6.00. The van der Waals surface area contributed by atoms with Crippen molar-refractivity contribution in [2.24, 2.45) is 0 Å². The third-order valence-corrected chi connectivity index (χ3v) is 4.99. The molecule has 0 saturated carbocycles. The Kier molecular flexibility index (Phi) is 7.70. The molecule has 2 N–H and O–H groups in total. The van der Waals surface area contributed by atoms with Gasteiger partial charge in [0.1, 0.15) is 6.10 Å². The van der Waals surface area contributed by atoms with Crippen molar-refractivity contribution in [2.45, 2.75) is 39.7 Å². The van der Waals surface area contributed by atoms with Gasteiger partial charge in [-0.1, -0.05) is 12.1 Å². The number of hydrogen-bond donors (Lipinski definition) is 2. The molecule has 1 saturated heterocycles. The van der Waals surface area contributed by atoms with Crippen molar-refractivity contribution in [3.63, 3.8) is 0 Å². The van der Waals surface area contributed by atoms with Crippen LogP contribution in [0.15, 0.2) is 42.5 Å². The molecule has 2 aromatic carbocycles. The van der Waals surface area contributed by atoms with Crippen LogP contribution in [0, 0.1) is 0 Å². The van der Waals surface area contributed by atoms with E-state index in [2.05, 4.69) is 10.6 Å². The van der Waals surface area contributed by atoms with Crippen LogP contribution >= 0.6 is 0 Å². The van der Waals surface area contributed by atoms with Gasteiger partial charge in [0, 0.05) is 56.7 Å². The van der Waals surface area contributed by atoms with E-state index in [4.69, 9.17) is 9.47 Å². The van der Waals surface area contributed by atoms with Gasteiger partial charge in [-0.05, 0) is 37.3 Å². The van der Waals surface area contributed by atoms with Crippen LogP contribution in [0.4, 0.5) is 11.4 Å². The van der Waals surface area contributed by atoms with Crippen LogP contribution in [0.25, 0.3) is 0 Å². The lowest BCUT2D eigenvalue weighted by Gasteiger charge is -2.32. The number of nitrogens with zero attached hydrogens (tertiary/aromatic N) is 1. The molecule has 0 aliphatic carbocycles. The van der Waals surface area contributed by atoms with Gasteiger partial charge in [-0.3, -0.25) is 14.4 Å². The summed E-state index contributed by atoms with van der Waals surface area (Å²) in [6.45, 7) is 6.35. The number of carbonyl (C=O) groups is 3. The monoisotopic (exact) mass is 439 g/mol. The zero-order chi connectivity index (χ0) is 23.1. The first-order valence-corrected chi connectivity index (χ1v) is 10.7. The third-order valence-electron chi connectivity index (χ3n) is 4.99. The Morgan fingerprint density at radius 1 is 0.938 bits per heavy atom. The van der Waals surface area contributed by atoms with Gasteiger partial charge in [0.15, 0.2) is 11.5 Å². The Morgan fingerprint density at radius 2 is 1.50 bits per heavy atom. The van der Waals surface area contributed by atoms with E-state index in [0.29, 0.717) is 61.0 Å². The predicted molar refractivity (Wildman–Crippen MR) is 122 cm³/mol. The molecule has 2 aromatic rings. The van der Waals surface area contributed by atoms with E-state index in [1.54, 1.807) is 23.1 Å². The normalized spacial score (nSPS) is 13.9. The van der Waals surface area contributed by atoms with Crippen molar-refractivity contribution in [1.82, 2.24) is 4.90 Å². The second-order valence-corrected chi connectivity index (χ2v) is 7.65. The number of likely N-dealkylation sites (tertiary alicyclic amines) is 1. The molecule has 3 rings (SSSR count). The van der Waals surface area contributed by atoms with E-state index in [1.807, 2.05) is 31.2 Å². The fourth-order valence-corrected chi connectivity index (χ4v) is 3.66. The second kappa shape index (κ2) is 10.7. The molecule has 0 aromatic heterocycles. The number of amides is 3. The molecule has 1 aliphatic heterocycles. The average Bonchev–Trinajstić information content (AvgIpc) is 2.74. The molecule has 3 amide bonds. The average molecular weight is 440 g/mol. The summed E-state index contributed by atoms with van der Waals surface area (Å²) < 4.78 is 11.8. The maximum absolute atomic E-state index is 13.1. The number of anilines is 2.